The number of hydrogen-bond donors (Lipinski definition) is 0. The second-order valence-corrected chi connectivity index (χ2v) is 3.94. The lowest BCUT2D eigenvalue weighted by Gasteiger charge is -2.15. The van der Waals surface area contributed by atoms with E-state index >= 15 is 0 Å². The lowest BCUT2D eigenvalue weighted by atomic mass is 10.1. The predicted octanol–water partition coefficient (Wildman–Crippen LogP) is 1.67. The van der Waals surface area contributed by atoms with E-state index < -0.39 is 11.9 Å². The van der Waals surface area contributed by atoms with Crippen LogP contribution < -0.4 is 0 Å². The molecule has 0 bridgehead atoms. The van der Waals surface area contributed by atoms with Gasteiger partial charge in [-0.1, -0.05) is 11.6 Å². The van der Waals surface area contributed by atoms with Gasteiger partial charge in [-0.2, -0.15) is 0 Å². The highest BCUT2D eigenvalue weighted by Crippen LogP contribution is 2.28. The Hall–Kier alpha value is -0.670. The van der Waals surface area contributed by atoms with Crippen LogP contribution in [0.1, 0.15) is 27.7 Å². The Bertz CT molecular complexity index is 226. The molecule has 0 aliphatic carbocycles. The van der Waals surface area contributed by atoms with Crippen molar-refractivity contribution in [3.05, 3.63) is 11.6 Å². The molecule has 0 spiro atoms. The summed E-state index contributed by atoms with van der Waals surface area (Å²) >= 11 is 0. The standard InChI is InChI=1S/C10H16O3/c1-7(2)5-8-9(6-11)13-10(3,4)12-8/h5-6,8-9H,1-4H3/t8?,9-/m1/s1. The second kappa shape index (κ2) is 3.60. The van der Waals surface area contributed by atoms with Crippen LogP contribution in [0.25, 0.3) is 0 Å². The van der Waals surface area contributed by atoms with Gasteiger partial charge in [0.25, 0.3) is 0 Å². The topological polar surface area (TPSA) is 35.5 Å². The van der Waals surface area contributed by atoms with Gasteiger partial charge in [-0.15, -0.1) is 0 Å². The van der Waals surface area contributed by atoms with Gasteiger partial charge in [-0.05, 0) is 27.7 Å². The second-order valence-electron chi connectivity index (χ2n) is 3.94. The number of carbonyl (C=O) groups excluding carboxylic acids is 1. The summed E-state index contributed by atoms with van der Waals surface area (Å²) < 4.78 is 10.9. The fourth-order valence-corrected chi connectivity index (χ4v) is 1.38. The third-order valence-electron chi connectivity index (χ3n) is 1.80. The molecular weight excluding hydrogens is 168 g/mol. The summed E-state index contributed by atoms with van der Waals surface area (Å²) in [5.41, 5.74) is 1.12. The molecule has 74 valence electrons. The molecule has 1 aliphatic rings. The largest absolute Gasteiger partial charge is 0.340 e. The Morgan fingerprint density at radius 3 is 2.23 bits per heavy atom. The normalized spacial score (nSPS) is 31.4. The van der Waals surface area contributed by atoms with Gasteiger partial charge in [-0.25, -0.2) is 0 Å². The maximum atomic E-state index is 10.7. The molecule has 0 amide bonds. The molecule has 1 saturated heterocycles. The number of hydrogen-bond acceptors (Lipinski definition) is 3. The molecule has 13 heavy (non-hydrogen) atoms. The molecule has 3 heteroatoms. The summed E-state index contributed by atoms with van der Waals surface area (Å²) in [5, 5.41) is 0. The van der Waals surface area contributed by atoms with Crippen molar-refractivity contribution < 1.29 is 14.3 Å². The Morgan fingerprint density at radius 1 is 1.23 bits per heavy atom. The van der Waals surface area contributed by atoms with Gasteiger partial charge >= 0.3 is 0 Å². The number of allylic oxidation sites excluding steroid dienone is 1. The van der Waals surface area contributed by atoms with Gasteiger partial charge < -0.3 is 14.3 Å². The maximum absolute atomic E-state index is 10.7. The van der Waals surface area contributed by atoms with E-state index in [0.717, 1.165) is 11.9 Å². The molecule has 0 saturated carbocycles. The molecule has 0 aromatic rings. The van der Waals surface area contributed by atoms with Gasteiger partial charge in [0, 0.05) is 0 Å². The van der Waals surface area contributed by atoms with Crippen molar-refractivity contribution in [2.75, 3.05) is 0 Å². The first-order chi connectivity index (χ1) is 5.94. The molecule has 0 N–H and O–H groups in total. The predicted molar refractivity (Wildman–Crippen MR) is 49.3 cm³/mol. The van der Waals surface area contributed by atoms with Crippen LogP contribution in [0.4, 0.5) is 0 Å². The molecular formula is C10H16O3. The van der Waals surface area contributed by atoms with Crippen LogP contribution in [0.15, 0.2) is 11.6 Å². The number of ether oxygens (including phenoxy) is 2. The summed E-state index contributed by atoms with van der Waals surface area (Å²) in [6.45, 7) is 7.55. The van der Waals surface area contributed by atoms with E-state index in [1.54, 1.807) is 0 Å². The molecule has 3 nitrogen and oxygen atoms in total. The molecule has 0 radical (unpaired) electrons. The molecule has 1 heterocycles. The lowest BCUT2D eigenvalue weighted by Crippen LogP contribution is -2.22. The Kier molecular flexibility index (Phi) is 2.88. The van der Waals surface area contributed by atoms with Gasteiger partial charge in [0.1, 0.15) is 12.2 Å². The molecule has 1 rings (SSSR count). The Balaban J connectivity index is 2.75. The summed E-state index contributed by atoms with van der Waals surface area (Å²) in [4.78, 5) is 10.7. The van der Waals surface area contributed by atoms with Crippen molar-refractivity contribution in [1.29, 1.82) is 0 Å². The quantitative estimate of drug-likeness (QED) is 0.483. The average molecular weight is 184 g/mol. The van der Waals surface area contributed by atoms with Crippen LogP contribution in [0.2, 0.25) is 0 Å². The molecule has 1 aliphatic heterocycles. The van der Waals surface area contributed by atoms with E-state index in [1.807, 2.05) is 33.8 Å². The fourth-order valence-electron chi connectivity index (χ4n) is 1.38. The molecule has 0 aromatic carbocycles. The van der Waals surface area contributed by atoms with E-state index in [-0.39, 0.29) is 6.10 Å². The van der Waals surface area contributed by atoms with Crippen LogP contribution in [0.5, 0.6) is 0 Å². The van der Waals surface area contributed by atoms with Crippen molar-refractivity contribution in [3.63, 3.8) is 0 Å². The zero-order valence-corrected chi connectivity index (χ0v) is 8.53. The summed E-state index contributed by atoms with van der Waals surface area (Å²) in [6, 6.07) is 0. The van der Waals surface area contributed by atoms with Crippen LogP contribution >= 0.6 is 0 Å². The highest BCUT2D eigenvalue weighted by Gasteiger charge is 2.39. The highest BCUT2D eigenvalue weighted by atomic mass is 16.8. The third-order valence-corrected chi connectivity index (χ3v) is 1.80. The van der Waals surface area contributed by atoms with Gasteiger partial charge in [0.15, 0.2) is 12.1 Å². The average Bonchev–Trinajstić information content (AvgIpc) is 2.24. The SMILES string of the molecule is CC(C)=CC1OC(C)(C)O[C@@H]1C=O. The monoisotopic (exact) mass is 184 g/mol. The number of aldehydes is 1. The first kappa shape index (κ1) is 10.4. The maximum Gasteiger partial charge on any atom is 0.164 e. The van der Waals surface area contributed by atoms with E-state index in [1.165, 1.54) is 0 Å². The molecule has 2 atom stereocenters. The van der Waals surface area contributed by atoms with E-state index in [0.29, 0.717) is 0 Å². The van der Waals surface area contributed by atoms with Crippen molar-refractivity contribution >= 4 is 6.29 Å². The minimum atomic E-state index is -0.651. The molecule has 0 aromatic heterocycles. The van der Waals surface area contributed by atoms with Crippen molar-refractivity contribution in [2.24, 2.45) is 0 Å². The van der Waals surface area contributed by atoms with Crippen molar-refractivity contribution in [3.8, 4) is 0 Å². The summed E-state index contributed by atoms with van der Waals surface area (Å²) in [5.74, 6) is -0.651. The Labute approximate surface area is 78.7 Å². The summed E-state index contributed by atoms with van der Waals surface area (Å²) in [7, 11) is 0. The first-order valence-electron chi connectivity index (χ1n) is 4.40. The van der Waals surface area contributed by atoms with Crippen LogP contribution in [-0.4, -0.2) is 24.3 Å². The Morgan fingerprint density at radius 2 is 1.77 bits per heavy atom. The minimum Gasteiger partial charge on any atom is -0.340 e. The van der Waals surface area contributed by atoms with E-state index in [2.05, 4.69) is 0 Å². The zero-order chi connectivity index (χ0) is 10.1. The van der Waals surface area contributed by atoms with Crippen LogP contribution in [0.3, 0.4) is 0 Å². The van der Waals surface area contributed by atoms with Gasteiger partial charge in [-0.3, -0.25) is 0 Å². The zero-order valence-electron chi connectivity index (χ0n) is 8.53. The molecule has 1 unspecified atom stereocenters. The van der Waals surface area contributed by atoms with E-state index in [9.17, 15) is 4.79 Å². The number of rotatable bonds is 2. The fraction of sp³-hybridized carbons (Fsp3) is 0.700. The van der Waals surface area contributed by atoms with Crippen molar-refractivity contribution in [1.82, 2.24) is 0 Å². The van der Waals surface area contributed by atoms with Crippen LogP contribution in [-0.2, 0) is 14.3 Å². The lowest BCUT2D eigenvalue weighted by molar-refractivity contribution is -0.148. The summed E-state index contributed by atoms with van der Waals surface area (Å²) in [6.07, 6.45) is 1.99. The van der Waals surface area contributed by atoms with Gasteiger partial charge in [0.05, 0.1) is 0 Å². The van der Waals surface area contributed by atoms with Crippen LogP contribution in [0, 0.1) is 0 Å². The van der Waals surface area contributed by atoms with Crippen molar-refractivity contribution in [2.45, 2.75) is 45.7 Å². The molecule has 1 fully saturated rings. The smallest absolute Gasteiger partial charge is 0.164 e. The highest BCUT2D eigenvalue weighted by molar-refractivity contribution is 5.58. The minimum absolute atomic E-state index is 0.238. The number of carbonyl (C=O) groups is 1. The van der Waals surface area contributed by atoms with Gasteiger partial charge in [0.2, 0.25) is 0 Å². The van der Waals surface area contributed by atoms with E-state index in [4.69, 9.17) is 9.47 Å². The first-order valence-corrected chi connectivity index (χ1v) is 4.40. The third kappa shape index (κ3) is 2.64.